The molecule has 0 radical (unpaired) electrons. The van der Waals surface area contributed by atoms with Gasteiger partial charge in [0.2, 0.25) is 27.7 Å². The Morgan fingerprint density at radius 1 is 0.968 bits per heavy atom. The lowest BCUT2D eigenvalue weighted by atomic mass is 9.85. The molecule has 63 heavy (non-hydrogen) atoms. The lowest BCUT2D eigenvalue weighted by molar-refractivity contribution is -0.141. The molecule has 3 aliphatic heterocycles. The molecule has 5 aliphatic rings. The smallest absolute Gasteiger partial charge is 0.416 e. The number of benzene rings is 2. The summed E-state index contributed by atoms with van der Waals surface area (Å²) in [6.45, 7) is 9.19. The van der Waals surface area contributed by atoms with Crippen molar-refractivity contribution < 1.29 is 59.4 Å². The fraction of sp³-hybridized carbons (Fsp3) is 0.595. The Balaban J connectivity index is 1.09. The van der Waals surface area contributed by atoms with E-state index in [4.69, 9.17) is 9.47 Å². The van der Waals surface area contributed by atoms with Crippen LogP contribution in [0.2, 0.25) is 0 Å². The number of nitrogens with zero attached hydrogens (tertiary/aromatic N) is 3. The van der Waals surface area contributed by atoms with Gasteiger partial charge in [-0.05, 0) is 72.1 Å². The van der Waals surface area contributed by atoms with E-state index in [1.165, 1.54) is 4.90 Å². The summed E-state index contributed by atoms with van der Waals surface area (Å²) in [6.07, 6.45) is -5.65. The van der Waals surface area contributed by atoms with Crippen LogP contribution in [0.1, 0.15) is 76.5 Å². The number of ether oxygens (including phenoxy) is 2. The molecular weight excluding hydrogens is 855 g/mol. The van der Waals surface area contributed by atoms with E-state index in [0.29, 0.717) is 63.4 Å². The second kappa shape index (κ2) is 17.5. The fourth-order valence-corrected chi connectivity index (χ4v) is 9.83. The zero-order valence-corrected chi connectivity index (χ0v) is 36.3. The van der Waals surface area contributed by atoms with Gasteiger partial charge in [0.25, 0.3) is 5.91 Å². The molecule has 2 saturated carbocycles. The number of hydrogen-bond acceptors (Lipinski definition) is 11. The lowest BCUT2D eigenvalue weighted by Crippen LogP contribution is -2.58. The Kier molecular flexibility index (Phi) is 12.8. The highest BCUT2D eigenvalue weighted by Crippen LogP contribution is 2.47. The van der Waals surface area contributed by atoms with Crippen LogP contribution in [0.5, 0.6) is 0 Å². The Morgan fingerprint density at radius 2 is 1.67 bits per heavy atom. The summed E-state index contributed by atoms with van der Waals surface area (Å²) in [5.74, 6) is -4.33. The molecule has 2 aromatic carbocycles. The zero-order valence-electron chi connectivity index (χ0n) is 35.5. The van der Waals surface area contributed by atoms with E-state index in [9.17, 15) is 50.0 Å². The highest BCUT2D eigenvalue weighted by molar-refractivity contribution is 7.91. The average molecular weight is 908 g/mol. The fourth-order valence-electron chi connectivity index (χ4n) is 8.47. The molecule has 21 heteroatoms. The number of nitrogens with one attached hydrogen (secondary N) is 4. The third-order valence-corrected chi connectivity index (χ3v) is 14.1. The molecule has 2 aliphatic carbocycles. The molecule has 7 rings (SSSR count). The van der Waals surface area contributed by atoms with E-state index in [2.05, 4.69) is 20.7 Å². The van der Waals surface area contributed by atoms with Gasteiger partial charge >= 0.3 is 12.3 Å². The van der Waals surface area contributed by atoms with E-state index in [1.807, 2.05) is 4.90 Å². The molecule has 0 bridgehead atoms. The molecule has 4 fully saturated rings. The number of sulfonamides is 1. The van der Waals surface area contributed by atoms with E-state index < -0.39 is 91.7 Å². The second-order valence-corrected chi connectivity index (χ2v) is 20.1. The van der Waals surface area contributed by atoms with E-state index in [0.717, 1.165) is 22.1 Å². The summed E-state index contributed by atoms with van der Waals surface area (Å²) in [7, 11) is -3.98. The third-order valence-electron chi connectivity index (χ3n) is 12.3. The van der Waals surface area contributed by atoms with Crippen LogP contribution >= 0.6 is 0 Å². The van der Waals surface area contributed by atoms with Crippen molar-refractivity contribution in [1.82, 2.24) is 24.7 Å². The molecule has 344 valence electrons. The van der Waals surface area contributed by atoms with Gasteiger partial charge in [-0.3, -0.25) is 33.7 Å². The van der Waals surface area contributed by atoms with Crippen molar-refractivity contribution >= 4 is 51.1 Å². The first-order valence-electron chi connectivity index (χ1n) is 21.1. The summed E-state index contributed by atoms with van der Waals surface area (Å²) in [5.41, 5.74) is -2.16. The Hall–Kier alpha value is -5.02. The van der Waals surface area contributed by atoms with E-state index in [1.54, 1.807) is 45.9 Å². The largest absolute Gasteiger partial charge is 0.444 e. The number of likely N-dealkylation sites (tertiary alicyclic amines) is 1. The van der Waals surface area contributed by atoms with Crippen molar-refractivity contribution in [3.63, 3.8) is 0 Å². The molecule has 2 aromatic rings. The first kappa shape index (κ1) is 46.0. The van der Waals surface area contributed by atoms with Crippen LogP contribution in [0.4, 0.5) is 33.7 Å². The van der Waals surface area contributed by atoms with Crippen molar-refractivity contribution in [2.45, 2.75) is 108 Å². The van der Waals surface area contributed by atoms with Gasteiger partial charge in [-0.1, -0.05) is 40.2 Å². The van der Waals surface area contributed by atoms with Gasteiger partial charge in [-0.2, -0.15) is 13.2 Å². The summed E-state index contributed by atoms with van der Waals surface area (Å²) in [6, 6.07) is 4.37. The van der Waals surface area contributed by atoms with Crippen molar-refractivity contribution in [2.75, 3.05) is 50.0 Å². The lowest BCUT2D eigenvalue weighted by Gasteiger charge is -2.36. The minimum absolute atomic E-state index is 0.127. The van der Waals surface area contributed by atoms with Crippen molar-refractivity contribution in [1.29, 1.82) is 0 Å². The zero-order chi connectivity index (χ0) is 45.6. The van der Waals surface area contributed by atoms with Crippen LogP contribution in [-0.2, 0) is 57.9 Å². The molecule has 3 heterocycles. The third kappa shape index (κ3) is 10.5. The maximum absolute atomic E-state index is 14.7. The van der Waals surface area contributed by atoms with Gasteiger partial charge in [0.15, 0.2) is 0 Å². The summed E-state index contributed by atoms with van der Waals surface area (Å²) < 4.78 is 94.5. The molecule has 5 amide bonds. The Bertz CT molecular complexity index is 2250. The molecule has 16 nitrogen and oxygen atoms in total. The van der Waals surface area contributed by atoms with Crippen LogP contribution < -0.4 is 20.7 Å². The van der Waals surface area contributed by atoms with Gasteiger partial charge in [-0.25, -0.2) is 17.6 Å². The first-order valence-corrected chi connectivity index (χ1v) is 22.6. The average Bonchev–Trinajstić information content (AvgIpc) is 4.10. The van der Waals surface area contributed by atoms with Gasteiger partial charge in [0.05, 0.1) is 37.1 Å². The number of morpholine rings is 1. The summed E-state index contributed by atoms with van der Waals surface area (Å²) in [4.78, 5) is 73.6. The Morgan fingerprint density at radius 3 is 2.30 bits per heavy atom. The predicted octanol–water partition coefficient (Wildman–Crippen LogP) is 3.96. The number of rotatable bonds is 13. The topological polar surface area (TPSA) is 196 Å². The highest BCUT2D eigenvalue weighted by Gasteiger charge is 2.62. The van der Waals surface area contributed by atoms with Gasteiger partial charge in [-0.15, -0.1) is 0 Å². The van der Waals surface area contributed by atoms with E-state index >= 15 is 0 Å². The van der Waals surface area contributed by atoms with Crippen LogP contribution in [-0.4, -0.2) is 121 Å². The second-order valence-electron chi connectivity index (χ2n) is 18.1. The monoisotopic (exact) mass is 907 g/mol. The number of alkyl halides is 3. The normalized spacial score (nSPS) is 24.3. The highest BCUT2D eigenvalue weighted by atomic mass is 32.2. The maximum Gasteiger partial charge on any atom is 0.416 e. The van der Waals surface area contributed by atoms with Crippen molar-refractivity contribution in [3.05, 3.63) is 58.9 Å². The quantitative estimate of drug-likeness (QED) is 0.213. The SMILES string of the molecule is CCC1CC1(NC(=O)C1CC(OC(=O)N2Cc3ccc(NC(=O)CN4CCOCC4)cc3C2)CN1C(=O)C(Nc1cc(F)cc(C(F)(F)F)c1)C(C)(C)C)C(=O)NS(=O)(=O)C1CC1. The number of hydrogen-bond donors (Lipinski definition) is 4. The van der Waals surface area contributed by atoms with Gasteiger partial charge < -0.3 is 30.3 Å². The van der Waals surface area contributed by atoms with Crippen LogP contribution in [0.3, 0.4) is 0 Å². The Labute approximate surface area is 362 Å². The molecule has 2 saturated heterocycles. The maximum atomic E-state index is 14.7. The summed E-state index contributed by atoms with van der Waals surface area (Å²) >= 11 is 0. The molecule has 4 N–H and O–H groups in total. The minimum Gasteiger partial charge on any atom is -0.444 e. The number of carbonyl (C=O) groups excluding carboxylic acids is 5. The van der Waals surface area contributed by atoms with Crippen molar-refractivity contribution in [3.8, 4) is 0 Å². The minimum atomic E-state index is -4.90. The standard InChI is InChI=1S/C42H53F4N7O9S/c1-5-26-19-41(26,38(57)50-63(59,60)32-8-9-32)49-36(55)33-18-31(22-53(33)37(56)35(40(2,3)4)48-30-16-27(42(44,45)46)15-28(43)17-30)62-39(58)52-20-24-6-7-29(14-25(24)21-52)47-34(54)23-51-10-12-61-13-11-51/h6-7,14-17,26,31-33,35,48H,5,8-13,18-23H2,1-4H3,(H,47,54)(H,49,55)(H,50,57). The molecular formula is C42H53F4N7O9S. The number of carbonyl (C=O) groups is 5. The van der Waals surface area contributed by atoms with Crippen LogP contribution in [0.15, 0.2) is 36.4 Å². The number of amides is 5. The molecule has 0 aromatic heterocycles. The van der Waals surface area contributed by atoms with Crippen molar-refractivity contribution in [2.24, 2.45) is 11.3 Å². The predicted molar refractivity (Wildman–Crippen MR) is 220 cm³/mol. The molecule has 5 unspecified atom stereocenters. The first-order chi connectivity index (χ1) is 29.6. The number of anilines is 2. The van der Waals surface area contributed by atoms with E-state index in [-0.39, 0.29) is 50.6 Å². The van der Waals surface area contributed by atoms with Gasteiger partial charge in [0.1, 0.15) is 29.5 Å². The molecule has 5 atom stereocenters. The van der Waals surface area contributed by atoms with Crippen LogP contribution in [0, 0.1) is 17.2 Å². The molecule has 0 spiro atoms. The summed E-state index contributed by atoms with van der Waals surface area (Å²) in [5, 5.41) is 7.65. The van der Waals surface area contributed by atoms with Crippen LogP contribution in [0.25, 0.3) is 0 Å². The number of fused-ring (bicyclic) bond motifs is 1. The number of halogens is 4. The van der Waals surface area contributed by atoms with Gasteiger partial charge in [0, 0.05) is 44.0 Å².